The van der Waals surface area contributed by atoms with Gasteiger partial charge in [-0.1, -0.05) is 43.3 Å². The molecule has 0 spiro atoms. The van der Waals surface area contributed by atoms with Gasteiger partial charge in [-0.15, -0.1) is 10.2 Å². The van der Waals surface area contributed by atoms with Gasteiger partial charge < -0.3 is 22.1 Å². The molecule has 226 valence electrons. The minimum atomic E-state index is -4.14. The highest BCUT2D eigenvalue weighted by molar-refractivity contribution is 7.89. The average Bonchev–Trinajstić information content (AvgIpc) is 3.49. The summed E-state index contributed by atoms with van der Waals surface area (Å²) in [4.78, 5) is 6.07. The van der Waals surface area contributed by atoms with E-state index in [2.05, 4.69) is 44.7 Å². The van der Waals surface area contributed by atoms with Crippen LogP contribution in [0, 0.1) is 11.3 Å². The zero-order chi connectivity index (χ0) is 30.4. The molecule has 0 bridgehead atoms. The number of sulfonamides is 1. The topological polar surface area (TPSA) is 232 Å². The van der Waals surface area contributed by atoms with Crippen LogP contribution >= 0.6 is 0 Å². The quantitative estimate of drug-likeness (QED) is 0.141. The van der Waals surface area contributed by atoms with E-state index in [1.807, 2.05) is 36.1 Å². The zero-order valence-corrected chi connectivity index (χ0v) is 24.9. The monoisotopic (exact) mass is 595 g/mol. The average molecular weight is 596 g/mol. The number of likely N-dealkylation sites (tertiary alicyclic amines) is 1. The summed E-state index contributed by atoms with van der Waals surface area (Å²) >= 11 is 0. The molecule has 0 saturated carbocycles. The van der Waals surface area contributed by atoms with Gasteiger partial charge in [-0.3, -0.25) is 10.4 Å². The number of guanidine groups is 2. The van der Waals surface area contributed by atoms with E-state index in [4.69, 9.17) is 27.7 Å². The predicted octanol–water partition coefficient (Wildman–Crippen LogP) is 2.26. The number of tetrazole rings is 1. The molecule has 14 heteroatoms. The number of H-pyrrole nitrogens is 1. The third-order valence-electron chi connectivity index (χ3n) is 7.97. The SMILES string of the molecule is CC(CCc1ccc(-c2ccc(C3CCN(C(=N)N)CC3)cc2)c(-c2nn[nH]n2)c1S(N)(=O)=O)CCC(C)N=C(N)N. The number of aromatic amines is 1. The molecule has 3 aromatic rings. The van der Waals surface area contributed by atoms with E-state index in [9.17, 15) is 8.42 Å². The third kappa shape index (κ3) is 7.62. The molecular weight excluding hydrogens is 554 g/mol. The molecule has 1 aliphatic rings. The van der Waals surface area contributed by atoms with E-state index < -0.39 is 10.0 Å². The smallest absolute Gasteiger partial charge is 0.239 e. The van der Waals surface area contributed by atoms with Crippen molar-refractivity contribution in [3.63, 3.8) is 0 Å². The Labute approximate surface area is 246 Å². The van der Waals surface area contributed by atoms with Gasteiger partial charge in [0.2, 0.25) is 15.8 Å². The number of hydrogen-bond donors (Lipinski definition) is 6. The first-order chi connectivity index (χ1) is 19.9. The number of piperidine rings is 1. The van der Waals surface area contributed by atoms with E-state index in [0.29, 0.717) is 34.9 Å². The number of rotatable bonds is 11. The first kappa shape index (κ1) is 30.9. The largest absolute Gasteiger partial charge is 0.370 e. The second kappa shape index (κ2) is 13.3. The Kier molecular flexibility index (Phi) is 9.78. The minimum absolute atomic E-state index is 0.0151. The van der Waals surface area contributed by atoms with Crippen molar-refractivity contribution in [2.45, 2.75) is 69.2 Å². The van der Waals surface area contributed by atoms with Crippen molar-refractivity contribution in [3.05, 3.63) is 47.5 Å². The number of nitrogens with zero attached hydrogens (tertiary/aromatic N) is 5. The van der Waals surface area contributed by atoms with Crippen LogP contribution < -0.4 is 22.3 Å². The lowest BCUT2D eigenvalue weighted by Gasteiger charge is -2.32. The lowest BCUT2D eigenvalue weighted by molar-refractivity contribution is 0.309. The van der Waals surface area contributed by atoms with Crippen molar-refractivity contribution >= 4 is 21.9 Å². The van der Waals surface area contributed by atoms with Crippen LogP contribution in [0.2, 0.25) is 0 Å². The van der Waals surface area contributed by atoms with Crippen LogP contribution in [0.1, 0.15) is 63.0 Å². The Morgan fingerprint density at radius 3 is 2.33 bits per heavy atom. The van der Waals surface area contributed by atoms with Gasteiger partial charge in [-0.25, -0.2) is 13.6 Å². The summed E-state index contributed by atoms with van der Waals surface area (Å²) in [5, 5.41) is 27.9. The van der Waals surface area contributed by atoms with E-state index in [1.165, 1.54) is 5.56 Å². The number of aromatic nitrogens is 4. The Bertz CT molecular complexity index is 1490. The molecule has 13 nitrogen and oxygen atoms in total. The van der Waals surface area contributed by atoms with Crippen molar-refractivity contribution in [3.8, 4) is 22.5 Å². The van der Waals surface area contributed by atoms with E-state index in [1.54, 1.807) is 0 Å². The molecule has 2 unspecified atom stereocenters. The highest BCUT2D eigenvalue weighted by Gasteiger charge is 2.27. The van der Waals surface area contributed by atoms with Gasteiger partial charge in [0.15, 0.2) is 11.9 Å². The molecular formula is C28H41N11O2S. The van der Waals surface area contributed by atoms with Crippen molar-refractivity contribution < 1.29 is 8.42 Å². The summed E-state index contributed by atoms with van der Waals surface area (Å²) in [6, 6.07) is 11.9. The summed E-state index contributed by atoms with van der Waals surface area (Å²) in [6.07, 6.45) is 4.77. The van der Waals surface area contributed by atoms with Gasteiger partial charge in [0.05, 0.1) is 16.5 Å². The fraction of sp³-hybridized carbons (Fsp3) is 0.464. The number of nitrogens with one attached hydrogen (secondary N) is 2. The molecule has 0 aliphatic carbocycles. The fourth-order valence-corrected chi connectivity index (χ4v) is 6.68. The van der Waals surface area contributed by atoms with Gasteiger partial charge in [0.25, 0.3) is 0 Å². The Balaban J connectivity index is 1.62. The molecule has 1 fully saturated rings. The summed E-state index contributed by atoms with van der Waals surface area (Å²) < 4.78 is 26.2. The second-order valence-corrected chi connectivity index (χ2v) is 12.6. The minimum Gasteiger partial charge on any atom is -0.370 e. The molecule has 42 heavy (non-hydrogen) atoms. The number of benzene rings is 2. The van der Waals surface area contributed by atoms with Crippen molar-refractivity contribution in [2.24, 2.45) is 33.3 Å². The molecule has 10 N–H and O–H groups in total. The maximum Gasteiger partial charge on any atom is 0.239 e. The third-order valence-corrected chi connectivity index (χ3v) is 9.01. The summed E-state index contributed by atoms with van der Waals surface area (Å²) in [5.74, 6) is 1.01. The molecule has 4 rings (SSSR count). The Hall–Kier alpha value is -4.04. The van der Waals surface area contributed by atoms with Crippen LogP contribution in [-0.2, 0) is 16.4 Å². The molecule has 1 aliphatic heterocycles. The Morgan fingerprint density at radius 2 is 1.76 bits per heavy atom. The normalized spacial score (nSPS) is 15.7. The first-order valence-electron chi connectivity index (χ1n) is 14.1. The van der Waals surface area contributed by atoms with Gasteiger partial charge in [-0.05, 0) is 84.8 Å². The maximum absolute atomic E-state index is 13.1. The highest BCUT2D eigenvalue weighted by atomic mass is 32.2. The van der Waals surface area contributed by atoms with E-state index in [0.717, 1.165) is 50.8 Å². The van der Waals surface area contributed by atoms with Gasteiger partial charge >= 0.3 is 0 Å². The molecule has 2 aromatic carbocycles. The van der Waals surface area contributed by atoms with Crippen molar-refractivity contribution in [1.29, 1.82) is 5.41 Å². The fourth-order valence-electron chi connectivity index (χ4n) is 5.66. The van der Waals surface area contributed by atoms with Crippen LogP contribution in [0.15, 0.2) is 46.3 Å². The van der Waals surface area contributed by atoms with Gasteiger partial charge in [-0.2, -0.15) is 5.21 Å². The molecule has 0 radical (unpaired) electrons. The highest BCUT2D eigenvalue weighted by Crippen LogP contribution is 2.39. The molecule has 2 atom stereocenters. The van der Waals surface area contributed by atoms with E-state index >= 15 is 0 Å². The Morgan fingerprint density at radius 1 is 1.07 bits per heavy atom. The maximum atomic E-state index is 13.1. The molecule has 2 heterocycles. The van der Waals surface area contributed by atoms with Crippen LogP contribution in [0.25, 0.3) is 22.5 Å². The van der Waals surface area contributed by atoms with Gasteiger partial charge in [0, 0.05) is 13.1 Å². The van der Waals surface area contributed by atoms with Crippen LogP contribution in [0.5, 0.6) is 0 Å². The van der Waals surface area contributed by atoms with Crippen molar-refractivity contribution in [1.82, 2.24) is 25.5 Å². The number of nitrogens with two attached hydrogens (primary N) is 4. The lowest BCUT2D eigenvalue weighted by atomic mass is 9.87. The van der Waals surface area contributed by atoms with Crippen LogP contribution in [0.4, 0.5) is 0 Å². The summed E-state index contributed by atoms with van der Waals surface area (Å²) in [6.45, 7) is 5.58. The molecule has 1 saturated heterocycles. The summed E-state index contributed by atoms with van der Waals surface area (Å²) in [5.41, 5.74) is 20.2. The molecule has 1 aromatic heterocycles. The first-order valence-corrected chi connectivity index (χ1v) is 15.7. The number of aryl methyl sites for hydroxylation is 1. The van der Waals surface area contributed by atoms with Crippen LogP contribution in [-0.4, -0.2) is 65.0 Å². The molecule has 0 amide bonds. The standard InChI is InChI=1S/C28H41N11O2S/c1-17(3-5-18(2)34-27(29)30)4-6-22-11-12-23(24(25(22)42(33,40)41)26-35-37-38-36-26)21-9-7-19(8-10-21)20-13-15-39(16-14-20)28(31)32/h7-12,17-18,20H,3-6,13-16H2,1-2H3,(H3,31,32)(H4,29,30,34)(H2,33,40,41)(H,35,36,37,38). The number of hydrogen-bond acceptors (Lipinski definition) is 7. The van der Waals surface area contributed by atoms with Crippen LogP contribution in [0.3, 0.4) is 0 Å². The number of aliphatic imine (C=N–C) groups is 1. The second-order valence-electron chi connectivity index (χ2n) is 11.1. The van der Waals surface area contributed by atoms with Gasteiger partial charge in [0.1, 0.15) is 0 Å². The summed E-state index contributed by atoms with van der Waals surface area (Å²) in [7, 11) is -4.14. The van der Waals surface area contributed by atoms with Crippen molar-refractivity contribution in [2.75, 3.05) is 13.1 Å². The predicted molar refractivity (Wildman–Crippen MR) is 164 cm³/mol. The lowest BCUT2D eigenvalue weighted by Crippen LogP contribution is -2.41. The number of primary sulfonamides is 1. The van der Waals surface area contributed by atoms with E-state index in [-0.39, 0.29) is 28.7 Å². The zero-order valence-electron chi connectivity index (χ0n) is 24.1.